The minimum absolute atomic E-state index is 0.0607. The number of pyridine rings is 1. The maximum Gasteiger partial charge on any atom is 0.410 e. The second-order valence-electron chi connectivity index (χ2n) is 7.04. The van der Waals surface area contributed by atoms with Crippen molar-refractivity contribution in [2.75, 3.05) is 13.1 Å². The first-order valence-electron chi connectivity index (χ1n) is 7.69. The van der Waals surface area contributed by atoms with E-state index >= 15 is 0 Å². The molecule has 1 aliphatic heterocycles. The Morgan fingerprint density at radius 2 is 2.00 bits per heavy atom. The van der Waals surface area contributed by atoms with Gasteiger partial charge in [0.2, 0.25) is 0 Å². The average Bonchev–Trinajstić information content (AvgIpc) is 2.83. The van der Waals surface area contributed by atoms with Crippen molar-refractivity contribution in [3.8, 4) is 0 Å². The molecule has 4 heteroatoms. The van der Waals surface area contributed by atoms with Crippen LogP contribution in [-0.2, 0) is 17.2 Å². The van der Waals surface area contributed by atoms with Crippen molar-refractivity contribution in [3.63, 3.8) is 0 Å². The molecule has 1 fully saturated rings. The maximum absolute atomic E-state index is 12.2. The molecule has 116 valence electrons. The van der Waals surface area contributed by atoms with E-state index in [0.717, 1.165) is 25.9 Å². The van der Waals surface area contributed by atoms with Gasteiger partial charge in [-0.1, -0.05) is 6.92 Å². The van der Waals surface area contributed by atoms with E-state index in [-0.39, 0.29) is 11.5 Å². The quantitative estimate of drug-likeness (QED) is 0.785. The third-order valence-corrected chi connectivity index (χ3v) is 4.27. The van der Waals surface area contributed by atoms with Crippen LogP contribution in [0.2, 0.25) is 0 Å². The van der Waals surface area contributed by atoms with Crippen molar-refractivity contribution >= 4 is 6.09 Å². The lowest BCUT2D eigenvalue weighted by Crippen LogP contribution is -2.38. The predicted octanol–water partition coefficient (Wildman–Crippen LogP) is 2.80. The highest BCUT2D eigenvalue weighted by Crippen LogP contribution is 2.37. The van der Waals surface area contributed by atoms with Gasteiger partial charge in [0.05, 0.1) is 0 Å². The van der Waals surface area contributed by atoms with Crippen LogP contribution in [0.5, 0.6) is 0 Å². The fraction of sp³-hybridized carbons (Fsp3) is 0.647. The summed E-state index contributed by atoms with van der Waals surface area (Å²) >= 11 is 0. The topological polar surface area (TPSA) is 33.4 Å². The zero-order chi connectivity index (χ0) is 15.7. The Kier molecular flexibility index (Phi) is 4.26. The number of hydrogen-bond donors (Lipinski definition) is 0. The van der Waals surface area contributed by atoms with E-state index in [1.807, 2.05) is 37.3 Å². The molecule has 0 aliphatic carbocycles. The van der Waals surface area contributed by atoms with Crippen LogP contribution in [-0.4, -0.2) is 29.7 Å². The van der Waals surface area contributed by atoms with Crippen LogP contribution in [0.1, 0.15) is 46.1 Å². The number of carbonyl (C=O) groups excluding carboxylic acids is 1. The van der Waals surface area contributed by atoms with Gasteiger partial charge in [-0.05, 0) is 39.2 Å². The Morgan fingerprint density at radius 3 is 2.52 bits per heavy atom. The molecule has 1 amide bonds. The lowest BCUT2D eigenvalue weighted by Gasteiger charge is -2.29. The van der Waals surface area contributed by atoms with Crippen molar-refractivity contribution in [2.45, 2.75) is 51.6 Å². The summed E-state index contributed by atoms with van der Waals surface area (Å²) in [4.78, 5) is 14.1. The van der Waals surface area contributed by atoms with Gasteiger partial charge in [0, 0.05) is 30.6 Å². The van der Waals surface area contributed by atoms with Gasteiger partial charge in [-0.25, -0.2) is 9.36 Å². The second-order valence-corrected chi connectivity index (χ2v) is 7.04. The van der Waals surface area contributed by atoms with Crippen LogP contribution in [0.4, 0.5) is 4.79 Å². The zero-order valence-electron chi connectivity index (χ0n) is 13.8. The SMILES string of the molecule is CCC1(c2cc[n+](C)cc2)CCN(C(=O)OC(C)(C)C)C1. The predicted molar refractivity (Wildman–Crippen MR) is 82.0 cm³/mol. The summed E-state index contributed by atoms with van der Waals surface area (Å²) in [5.74, 6) is 0. The fourth-order valence-corrected chi connectivity index (χ4v) is 2.94. The van der Waals surface area contributed by atoms with E-state index in [0.29, 0.717) is 0 Å². The standard InChI is InChI=1S/C17H27N2O2/c1-6-17(14-7-10-18(5)11-8-14)9-12-19(13-17)15(20)21-16(2,3)4/h7-8,10-11H,6,9,12-13H2,1-5H3/q+1. The number of amides is 1. The molecule has 1 aromatic rings. The van der Waals surface area contributed by atoms with Crippen molar-refractivity contribution < 1.29 is 14.1 Å². The number of aryl methyl sites for hydroxylation is 1. The molecule has 0 radical (unpaired) electrons. The van der Waals surface area contributed by atoms with Gasteiger partial charge >= 0.3 is 6.09 Å². The number of aromatic nitrogens is 1. The molecule has 0 aromatic carbocycles. The van der Waals surface area contributed by atoms with Crippen molar-refractivity contribution in [3.05, 3.63) is 30.1 Å². The first-order valence-corrected chi connectivity index (χ1v) is 7.69. The molecule has 2 heterocycles. The van der Waals surface area contributed by atoms with Gasteiger partial charge in [-0.2, -0.15) is 0 Å². The molecular formula is C17H27N2O2+. The number of ether oxygens (including phenoxy) is 1. The fourth-order valence-electron chi connectivity index (χ4n) is 2.94. The normalized spacial score (nSPS) is 22.4. The number of rotatable bonds is 2. The van der Waals surface area contributed by atoms with E-state index in [9.17, 15) is 4.79 Å². The molecule has 0 bridgehead atoms. The van der Waals surface area contributed by atoms with Crippen molar-refractivity contribution in [1.82, 2.24) is 4.90 Å². The van der Waals surface area contributed by atoms with Crippen molar-refractivity contribution in [1.29, 1.82) is 0 Å². The van der Waals surface area contributed by atoms with E-state index in [1.165, 1.54) is 5.56 Å². The van der Waals surface area contributed by atoms with E-state index < -0.39 is 5.60 Å². The Balaban J connectivity index is 2.14. The molecular weight excluding hydrogens is 264 g/mol. The molecule has 0 spiro atoms. The summed E-state index contributed by atoms with van der Waals surface area (Å²) in [6, 6.07) is 4.34. The molecule has 0 saturated carbocycles. The molecule has 4 nitrogen and oxygen atoms in total. The summed E-state index contributed by atoms with van der Waals surface area (Å²) < 4.78 is 7.53. The minimum Gasteiger partial charge on any atom is -0.444 e. The molecule has 21 heavy (non-hydrogen) atoms. The van der Waals surface area contributed by atoms with Crippen LogP contribution in [0.25, 0.3) is 0 Å². The second kappa shape index (κ2) is 5.66. The third-order valence-electron chi connectivity index (χ3n) is 4.27. The first kappa shape index (κ1) is 15.8. The summed E-state index contributed by atoms with van der Waals surface area (Å²) in [7, 11) is 2.02. The van der Waals surface area contributed by atoms with Gasteiger partial charge in [-0.15, -0.1) is 0 Å². The lowest BCUT2D eigenvalue weighted by molar-refractivity contribution is -0.671. The smallest absolute Gasteiger partial charge is 0.410 e. The van der Waals surface area contributed by atoms with Crippen LogP contribution in [0, 0.1) is 0 Å². The molecule has 2 rings (SSSR count). The Morgan fingerprint density at radius 1 is 1.38 bits per heavy atom. The molecule has 1 aromatic heterocycles. The van der Waals surface area contributed by atoms with Gasteiger partial charge in [0.15, 0.2) is 12.4 Å². The van der Waals surface area contributed by atoms with E-state index in [2.05, 4.69) is 31.5 Å². The first-order chi connectivity index (χ1) is 9.76. The number of nitrogens with zero attached hydrogens (tertiary/aromatic N) is 2. The summed E-state index contributed by atoms with van der Waals surface area (Å²) in [6.45, 7) is 9.43. The summed E-state index contributed by atoms with van der Waals surface area (Å²) in [5, 5.41) is 0. The summed E-state index contributed by atoms with van der Waals surface area (Å²) in [5.41, 5.74) is 0.939. The highest BCUT2D eigenvalue weighted by atomic mass is 16.6. The molecule has 1 atom stereocenters. The number of hydrogen-bond acceptors (Lipinski definition) is 2. The van der Waals surface area contributed by atoms with Crippen LogP contribution >= 0.6 is 0 Å². The zero-order valence-corrected chi connectivity index (χ0v) is 13.8. The van der Waals surface area contributed by atoms with Gasteiger partial charge in [-0.3, -0.25) is 0 Å². The van der Waals surface area contributed by atoms with Crippen LogP contribution in [0.15, 0.2) is 24.5 Å². The van der Waals surface area contributed by atoms with Gasteiger partial charge in [0.25, 0.3) is 0 Å². The lowest BCUT2D eigenvalue weighted by atomic mass is 9.78. The molecule has 0 N–H and O–H groups in total. The Labute approximate surface area is 127 Å². The number of carbonyl (C=O) groups is 1. The highest BCUT2D eigenvalue weighted by molar-refractivity contribution is 5.69. The highest BCUT2D eigenvalue weighted by Gasteiger charge is 2.41. The van der Waals surface area contributed by atoms with Crippen LogP contribution < -0.4 is 4.57 Å². The Hall–Kier alpha value is -1.58. The number of likely N-dealkylation sites (tertiary alicyclic amines) is 1. The van der Waals surface area contributed by atoms with Crippen LogP contribution in [0.3, 0.4) is 0 Å². The maximum atomic E-state index is 12.2. The minimum atomic E-state index is -0.435. The van der Waals surface area contributed by atoms with E-state index in [4.69, 9.17) is 4.74 Å². The molecule has 1 saturated heterocycles. The Bertz CT molecular complexity index is 505. The van der Waals surface area contributed by atoms with E-state index in [1.54, 1.807) is 0 Å². The average molecular weight is 291 g/mol. The molecule has 1 aliphatic rings. The molecule has 1 unspecified atom stereocenters. The third kappa shape index (κ3) is 3.55. The van der Waals surface area contributed by atoms with Gasteiger partial charge < -0.3 is 9.64 Å². The largest absolute Gasteiger partial charge is 0.444 e. The van der Waals surface area contributed by atoms with Crippen molar-refractivity contribution in [2.24, 2.45) is 7.05 Å². The summed E-state index contributed by atoms with van der Waals surface area (Å²) in [6.07, 6.45) is 5.97. The van der Waals surface area contributed by atoms with Gasteiger partial charge in [0.1, 0.15) is 12.6 Å². The monoisotopic (exact) mass is 291 g/mol.